The lowest BCUT2D eigenvalue weighted by Gasteiger charge is -2.25. The van der Waals surface area contributed by atoms with Crippen molar-refractivity contribution in [2.45, 2.75) is 30.2 Å². The van der Waals surface area contributed by atoms with Gasteiger partial charge in [-0.3, -0.25) is 15.0 Å². The summed E-state index contributed by atoms with van der Waals surface area (Å²) in [5.41, 5.74) is 2.36. The van der Waals surface area contributed by atoms with Crippen molar-refractivity contribution in [3.8, 4) is 0 Å². The molecule has 6 nitrogen and oxygen atoms in total. The van der Waals surface area contributed by atoms with Crippen molar-refractivity contribution in [2.75, 3.05) is 11.9 Å². The van der Waals surface area contributed by atoms with E-state index in [1.54, 1.807) is 0 Å². The highest BCUT2D eigenvalue weighted by molar-refractivity contribution is 7.91. The van der Waals surface area contributed by atoms with Crippen LogP contribution in [0.2, 0.25) is 0 Å². The Labute approximate surface area is 182 Å². The Kier molecular flexibility index (Phi) is 6.12. The summed E-state index contributed by atoms with van der Waals surface area (Å²) in [7, 11) is -4.69. The summed E-state index contributed by atoms with van der Waals surface area (Å²) >= 11 is 1.40. The molecule has 0 radical (unpaired) electrons. The summed E-state index contributed by atoms with van der Waals surface area (Å²) in [6.45, 7) is 2.46. The van der Waals surface area contributed by atoms with Crippen molar-refractivity contribution >= 4 is 32.2 Å². The second kappa shape index (κ2) is 8.81. The summed E-state index contributed by atoms with van der Waals surface area (Å²) < 4.78 is 48.2. The van der Waals surface area contributed by atoms with Gasteiger partial charge in [0.05, 0.1) is 10.6 Å². The van der Waals surface area contributed by atoms with E-state index in [4.69, 9.17) is 0 Å². The van der Waals surface area contributed by atoms with E-state index in [0.29, 0.717) is 5.13 Å². The number of amides is 1. The van der Waals surface area contributed by atoms with Crippen LogP contribution in [0.3, 0.4) is 0 Å². The van der Waals surface area contributed by atoms with Crippen LogP contribution in [0.5, 0.6) is 0 Å². The van der Waals surface area contributed by atoms with Crippen molar-refractivity contribution in [1.82, 2.24) is 9.88 Å². The molecule has 0 unspecified atom stereocenters. The predicted octanol–water partition coefficient (Wildman–Crippen LogP) is 3.95. The van der Waals surface area contributed by atoms with Crippen molar-refractivity contribution in [3.63, 3.8) is 0 Å². The first-order valence-electron chi connectivity index (χ1n) is 9.51. The zero-order chi connectivity index (χ0) is 22.0. The normalized spacial score (nSPS) is 14.4. The second-order valence-electron chi connectivity index (χ2n) is 7.12. The number of hydrogen-bond donors (Lipinski definition) is 1. The van der Waals surface area contributed by atoms with Gasteiger partial charge in [-0.25, -0.2) is 13.4 Å². The zero-order valence-corrected chi connectivity index (χ0v) is 17.9. The van der Waals surface area contributed by atoms with E-state index in [1.807, 2.05) is 18.2 Å². The molecule has 2 aromatic carbocycles. The van der Waals surface area contributed by atoms with E-state index in [1.165, 1.54) is 29.0 Å². The van der Waals surface area contributed by atoms with Crippen LogP contribution in [-0.4, -0.2) is 36.5 Å². The fourth-order valence-electron chi connectivity index (χ4n) is 3.35. The molecule has 31 heavy (non-hydrogen) atoms. The highest BCUT2D eigenvalue weighted by Crippen LogP contribution is 2.29. The quantitative estimate of drug-likeness (QED) is 0.599. The minimum Gasteiger partial charge on any atom is -0.298 e. The highest BCUT2D eigenvalue weighted by Gasteiger charge is 2.27. The lowest BCUT2D eigenvalue weighted by molar-refractivity contribution is 0.102. The Morgan fingerprint density at radius 1 is 1.13 bits per heavy atom. The topological polar surface area (TPSA) is 79.4 Å². The van der Waals surface area contributed by atoms with Gasteiger partial charge < -0.3 is 0 Å². The number of nitrogens with one attached hydrogen (secondary N) is 1. The minimum absolute atomic E-state index is 0.159. The molecule has 1 aliphatic heterocycles. The van der Waals surface area contributed by atoms with Crippen molar-refractivity contribution in [1.29, 1.82) is 0 Å². The van der Waals surface area contributed by atoms with E-state index in [2.05, 4.69) is 27.3 Å². The maximum Gasteiger partial charge on any atom is 0.341 e. The van der Waals surface area contributed by atoms with Crippen molar-refractivity contribution in [3.05, 3.63) is 76.3 Å². The summed E-state index contributed by atoms with van der Waals surface area (Å²) in [6.07, 6.45) is 0.786. The summed E-state index contributed by atoms with van der Waals surface area (Å²) in [5, 5.41) is 3.17. The minimum atomic E-state index is -4.69. The molecule has 3 aromatic rings. The van der Waals surface area contributed by atoms with E-state index in [0.717, 1.165) is 48.8 Å². The van der Waals surface area contributed by atoms with Crippen LogP contribution < -0.4 is 5.32 Å². The Hall–Kier alpha value is -2.69. The third kappa shape index (κ3) is 4.81. The van der Waals surface area contributed by atoms with Gasteiger partial charge in [0, 0.05) is 36.5 Å². The highest BCUT2D eigenvalue weighted by atomic mass is 32.2. The first-order valence-corrected chi connectivity index (χ1v) is 11.9. The molecule has 0 atom stereocenters. The molecule has 1 aromatic heterocycles. The number of carbonyl (C=O) groups is 1. The average molecular weight is 464 g/mol. The maximum atomic E-state index is 12.6. The average Bonchev–Trinajstić information content (AvgIpc) is 3.16. The monoisotopic (exact) mass is 463 g/mol. The van der Waals surface area contributed by atoms with Gasteiger partial charge >= 0.3 is 5.76 Å². The molecule has 0 saturated heterocycles. The molecule has 1 amide bonds. The van der Waals surface area contributed by atoms with Gasteiger partial charge in [-0.15, -0.1) is 11.3 Å². The van der Waals surface area contributed by atoms with Gasteiger partial charge in [-0.05, 0) is 29.8 Å². The Morgan fingerprint density at radius 2 is 1.84 bits per heavy atom. The molecule has 1 N–H and O–H groups in total. The second-order valence-corrected chi connectivity index (χ2v) is 10.1. The lowest BCUT2D eigenvalue weighted by Crippen LogP contribution is -2.29. The number of nitrogens with zero attached hydrogens (tertiary/aromatic N) is 2. The number of aromatic nitrogens is 1. The van der Waals surface area contributed by atoms with Gasteiger partial charge in [0.1, 0.15) is 0 Å². The number of carbonyl (C=O) groups excluding carboxylic acids is 1. The molecule has 0 bridgehead atoms. The fourth-order valence-corrected chi connectivity index (χ4v) is 5.11. The zero-order valence-electron chi connectivity index (χ0n) is 16.3. The van der Waals surface area contributed by atoms with Gasteiger partial charge in [-0.1, -0.05) is 30.3 Å². The standard InChI is InChI=1S/C21H19F2N3O3S2/c22-20(23)31(28,29)16-8-6-15(7-9-16)19(27)25-21-24-17-10-11-26(13-18(17)30-21)12-14-4-2-1-3-5-14/h1-9,20H,10-13H2,(H,24,25,27). The van der Waals surface area contributed by atoms with Crippen LogP contribution in [0.15, 0.2) is 59.5 Å². The first-order chi connectivity index (χ1) is 14.8. The van der Waals surface area contributed by atoms with Gasteiger partial charge in [0.15, 0.2) is 5.13 Å². The predicted molar refractivity (Wildman–Crippen MR) is 114 cm³/mol. The van der Waals surface area contributed by atoms with Crippen LogP contribution >= 0.6 is 11.3 Å². The molecule has 0 spiro atoms. The molecule has 0 fully saturated rings. The molecule has 1 aliphatic rings. The van der Waals surface area contributed by atoms with Gasteiger partial charge in [-0.2, -0.15) is 8.78 Å². The summed E-state index contributed by atoms with van der Waals surface area (Å²) in [6, 6.07) is 14.6. The number of benzene rings is 2. The SMILES string of the molecule is O=C(Nc1nc2c(s1)CN(Cc1ccccc1)CC2)c1ccc(S(=O)(=O)C(F)F)cc1. The summed E-state index contributed by atoms with van der Waals surface area (Å²) in [5.74, 6) is -3.98. The van der Waals surface area contributed by atoms with E-state index in [-0.39, 0.29) is 5.56 Å². The van der Waals surface area contributed by atoms with Crippen molar-refractivity contribution < 1.29 is 22.0 Å². The fraction of sp³-hybridized carbons (Fsp3) is 0.238. The molecule has 4 rings (SSSR count). The van der Waals surface area contributed by atoms with Crippen LogP contribution in [-0.2, 0) is 29.3 Å². The van der Waals surface area contributed by atoms with Crippen LogP contribution in [0, 0.1) is 0 Å². The smallest absolute Gasteiger partial charge is 0.298 e. The third-order valence-corrected chi connectivity index (χ3v) is 7.36. The number of alkyl halides is 2. The Bertz CT molecular complexity index is 1180. The molecule has 0 saturated carbocycles. The van der Waals surface area contributed by atoms with E-state index < -0.39 is 26.4 Å². The van der Waals surface area contributed by atoms with Crippen LogP contribution in [0.1, 0.15) is 26.5 Å². The maximum absolute atomic E-state index is 12.6. The first kappa shape index (κ1) is 21.5. The number of halogens is 2. The molecule has 0 aliphatic carbocycles. The third-order valence-electron chi connectivity index (χ3n) is 4.96. The lowest BCUT2D eigenvalue weighted by atomic mass is 10.1. The van der Waals surface area contributed by atoms with Crippen molar-refractivity contribution in [2.24, 2.45) is 0 Å². The van der Waals surface area contributed by atoms with Gasteiger partial charge in [0.2, 0.25) is 9.84 Å². The van der Waals surface area contributed by atoms with Crippen LogP contribution in [0.4, 0.5) is 13.9 Å². The van der Waals surface area contributed by atoms with E-state index >= 15 is 0 Å². The number of hydrogen-bond acceptors (Lipinski definition) is 6. The Morgan fingerprint density at radius 3 is 2.52 bits per heavy atom. The largest absolute Gasteiger partial charge is 0.341 e. The molecule has 10 heteroatoms. The molecular weight excluding hydrogens is 444 g/mol. The molecule has 2 heterocycles. The van der Waals surface area contributed by atoms with Crippen LogP contribution in [0.25, 0.3) is 0 Å². The number of fused-ring (bicyclic) bond motifs is 1. The van der Waals surface area contributed by atoms with Gasteiger partial charge in [0.25, 0.3) is 5.91 Å². The Balaban J connectivity index is 1.41. The molecule has 162 valence electrons. The number of anilines is 1. The number of rotatable bonds is 6. The number of thiazole rings is 1. The van der Waals surface area contributed by atoms with E-state index in [9.17, 15) is 22.0 Å². The number of sulfone groups is 1. The summed E-state index contributed by atoms with van der Waals surface area (Å²) in [4.78, 5) is 19.9. The molecular formula is C21H19F2N3O3S2.